The zero-order valence-corrected chi connectivity index (χ0v) is 13.9. The summed E-state index contributed by atoms with van der Waals surface area (Å²) < 4.78 is 5.47. The van der Waals surface area contributed by atoms with Gasteiger partial charge in [-0.1, -0.05) is 54.6 Å². The minimum atomic E-state index is -1.18. The molecule has 0 aliphatic heterocycles. The van der Waals surface area contributed by atoms with Crippen molar-refractivity contribution in [1.29, 1.82) is 0 Å². The molecule has 122 valence electrons. The zero-order chi connectivity index (χ0) is 17.0. The number of aliphatic hydroxyl groups is 1. The molecule has 1 aromatic heterocycles. The van der Waals surface area contributed by atoms with E-state index in [1.54, 1.807) is 13.3 Å². The molecule has 0 aliphatic rings. The summed E-state index contributed by atoms with van der Waals surface area (Å²) in [5.74, 6) is 0.357. The lowest BCUT2D eigenvalue weighted by molar-refractivity contribution is 0.0356. The largest absolute Gasteiger partial charge is 0.496 e. The van der Waals surface area contributed by atoms with E-state index < -0.39 is 5.60 Å². The third-order valence-electron chi connectivity index (χ3n) is 4.33. The predicted molar refractivity (Wildman–Crippen MR) is 95.1 cm³/mol. The highest BCUT2D eigenvalue weighted by Gasteiger charge is 2.38. The van der Waals surface area contributed by atoms with Gasteiger partial charge in [0, 0.05) is 11.8 Å². The van der Waals surface area contributed by atoms with Crippen LogP contribution < -0.4 is 4.74 Å². The Bertz CT molecular complexity index is 746. The van der Waals surface area contributed by atoms with Crippen molar-refractivity contribution >= 4 is 0 Å². The molecule has 3 aromatic rings. The van der Waals surface area contributed by atoms with Crippen LogP contribution in [0.4, 0.5) is 0 Å². The number of aromatic nitrogens is 1. The number of hydrogen-bond acceptors (Lipinski definition) is 3. The zero-order valence-electron chi connectivity index (χ0n) is 13.9. The van der Waals surface area contributed by atoms with Crippen molar-refractivity contribution in [3.63, 3.8) is 0 Å². The van der Waals surface area contributed by atoms with Gasteiger partial charge in [-0.25, -0.2) is 0 Å². The van der Waals surface area contributed by atoms with Gasteiger partial charge in [0.1, 0.15) is 11.4 Å². The number of para-hydroxylation sites is 1. The Kier molecular flexibility index (Phi) is 4.63. The maximum absolute atomic E-state index is 11.5. The first-order valence-electron chi connectivity index (χ1n) is 7.96. The molecule has 0 amide bonds. The first kappa shape index (κ1) is 16.2. The number of nitrogens with zero attached hydrogens (tertiary/aromatic N) is 1. The van der Waals surface area contributed by atoms with Crippen LogP contribution in [0.15, 0.2) is 79.0 Å². The van der Waals surface area contributed by atoms with Gasteiger partial charge in [0.2, 0.25) is 0 Å². The third-order valence-corrected chi connectivity index (χ3v) is 4.33. The van der Waals surface area contributed by atoms with Crippen LogP contribution in [-0.2, 0) is 5.60 Å². The quantitative estimate of drug-likeness (QED) is 0.769. The molecule has 0 radical (unpaired) electrons. The number of pyridine rings is 1. The Hall–Kier alpha value is -2.65. The fourth-order valence-electron chi connectivity index (χ4n) is 3.19. The monoisotopic (exact) mass is 319 g/mol. The van der Waals surface area contributed by atoms with Gasteiger partial charge in [0.25, 0.3) is 0 Å². The van der Waals surface area contributed by atoms with Crippen LogP contribution in [0.2, 0.25) is 0 Å². The summed E-state index contributed by atoms with van der Waals surface area (Å²) in [6.07, 6.45) is 1.75. The van der Waals surface area contributed by atoms with Gasteiger partial charge >= 0.3 is 0 Å². The van der Waals surface area contributed by atoms with E-state index in [1.165, 1.54) is 0 Å². The molecule has 0 aliphatic carbocycles. The predicted octanol–water partition coefficient (Wildman–Crippen LogP) is 4.13. The fraction of sp³-hybridized carbons (Fsp3) is 0.190. The summed E-state index contributed by atoms with van der Waals surface area (Å²) in [6.45, 7) is 1.82. The van der Waals surface area contributed by atoms with Gasteiger partial charge in [0.05, 0.1) is 18.7 Å². The Morgan fingerprint density at radius 3 is 2.25 bits per heavy atom. The molecule has 0 fully saturated rings. The second-order valence-electron chi connectivity index (χ2n) is 5.95. The average molecular weight is 319 g/mol. The summed E-state index contributed by atoms with van der Waals surface area (Å²) in [5.41, 5.74) is 1.39. The van der Waals surface area contributed by atoms with Crippen LogP contribution in [0.1, 0.15) is 29.7 Å². The summed E-state index contributed by atoms with van der Waals surface area (Å²) >= 11 is 0. The van der Waals surface area contributed by atoms with Gasteiger partial charge in [-0.3, -0.25) is 4.98 Å². The lowest BCUT2D eigenvalue weighted by Gasteiger charge is -2.34. The van der Waals surface area contributed by atoms with Crippen molar-refractivity contribution in [3.8, 4) is 5.75 Å². The Labute approximate surface area is 142 Å². The van der Waals surface area contributed by atoms with Gasteiger partial charge in [-0.2, -0.15) is 0 Å². The lowest BCUT2D eigenvalue weighted by atomic mass is 9.76. The van der Waals surface area contributed by atoms with E-state index in [2.05, 4.69) is 4.98 Å². The Morgan fingerprint density at radius 1 is 0.917 bits per heavy atom. The van der Waals surface area contributed by atoms with Crippen molar-refractivity contribution < 1.29 is 9.84 Å². The van der Waals surface area contributed by atoms with Crippen LogP contribution in [-0.4, -0.2) is 17.2 Å². The Morgan fingerprint density at radius 2 is 1.58 bits per heavy atom. The van der Waals surface area contributed by atoms with E-state index in [9.17, 15) is 5.11 Å². The van der Waals surface area contributed by atoms with Gasteiger partial charge in [0.15, 0.2) is 0 Å². The normalized spacial score (nSPS) is 14.6. The fourth-order valence-corrected chi connectivity index (χ4v) is 3.19. The molecule has 0 saturated carbocycles. The van der Waals surface area contributed by atoms with Crippen LogP contribution >= 0.6 is 0 Å². The van der Waals surface area contributed by atoms with E-state index in [0.29, 0.717) is 5.75 Å². The molecular formula is C21H21NO2. The average Bonchev–Trinajstić information content (AvgIpc) is 2.63. The molecule has 0 unspecified atom stereocenters. The van der Waals surface area contributed by atoms with Crippen LogP contribution in [0.25, 0.3) is 0 Å². The highest BCUT2D eigenvalue weighted by Crippen LogP contribution is 2.43. The number of methoxy groups -OCH3 is 1. The van der Waals surface area contributed by atoms with E-state index in [1.807, 2.05) is 79.7 Å². The van der Waals surface area contributed by atoms with E-state index in [0.717, 1.165) is 16.8 Å². The maximum atomic E-state index is 11.5. The van der Waals surface area contributed by atoms with Crippen molar-refractivity contribution in [2.24, 2.45) is 0 Å². The SMILES string of the molecule is COc1ccccc1[C@](C)(O)[C@@H](c1ccccc1)c1ccccn1. The van der Waals surface area contributed by atoms with Crippen LogP contribution in [0, 0.1) is 0 Å². The van der Waals surface area contributed by atoms with Gasteiger partial charge in [-0.05, 0) is 30.7 Å². The van der Waals surface area contributed by atoms with Crippen LogP contribution in [0.5, 0.6) is 5.75 Å². The summed E-state index contributed by atoms with van der Waals surface area (Å²) in [7, 11) is 1.62. The molecule has 3 heteroatoms. The number of benzene rings is 2. The standard InChI is InChI=1S/C21H21NO2/c1-21(23,17-12-6-7-14-19(17)24-2)20(16-10-4-3-5-11-16)18-13-8-9-15-22-18/h3-15,20,23H,1-2H3/t20-,21-/m0/s1. The molecule has 24 heavy (non-hydrogen) atoms. The topological polar surface area (TPSA) is 42.4 Å². The molecule has 0 saturated heterocycles. The molecule has 3 nitrogen and oxygen atoms in total. The summed E-state index contributed by atoms with van der Waals surface area (Å²) in [6, 6.07) is 23.3. The maximum Gasteiger partial charge on any atom is 0.124 e. The highest BCUT2D eigenvalue weighted by atomic mass is 16.5. The molecule has 2 atom stereocenters. The van der Waals surface area contributed by atoms with Crippen molar-refractivity contribution in [1.82, 2.24) is 4.98 Å². The minimum Gasteiger partial charge on any atom is -0.496 e. The smallest absolute Gasteiger partial charge is 0.124 e. The number of rotatable bonds is 5. The molecule has 1 heterocycles. The highest BCUT2D eigenvalue weighted by molar-refractivity contribution is 5.43. The van der Waals surface area contributed by atoms with Gasteiger partial charge in [-0.15, -0.1) is 0 Å². The molecule has 2 aromatic carbocycles. The first-order valence-corrected chi connectivity index (χ1v) is 7.96. The minimum absolute atomic E-state index is 0.309. The molecule has 0 bridgehead atoms. The molecule has 0 spiro atoms. The molecular weight excluding hydrogens is 298 g/mol. The van der Waals surface area contributed by atoms with E-state index in [4.69, 9.17) is 4.74 Å². The molecule has 1 N–H and O–H groups in total. The lowest BCUT2D eigenvalue weighted by Crippen LogP contribution is -2.32. The molecule has 3 rings (SSSR count). The van der Waals surface area contributed by atoms with Crippen molar-refractivity contribution in [2.75, 3.05) is 7.11 Å². The number of ether oxygens (including phenoxy) is 1. The van der Waals surface area contributed by atoms with E-state index in [-0.39, 0.29) is 5.92 Å². The summed E-state index contributed by atoms with van der Waals surface area (Å²) in [5, 5.41) is 11.5. The van der Waals surface area contributed by atoms with Crippen molar-refractivity contribution in [2.45, 2.75) is 18.4 Å². The number of hydrogen-bond donors (Lipinski definition) is 1. The van der Waals surface area contributed by atoms with Gasteiger partial charge < -0.3 is 9.84 Å². The van der Waals surface area contributed by atoms with Crippen molar-refractivity contribution in [3.05, 3.63) is 95.8 Å². The van der Waals surface area contributed by atoms with E-state index >= 15 is 0 Å². The van der Waals surface area contributed by atoms with Crippen LogP contribution in [0.3, 0.4) is 0 Å². The summed E-state index contributed by atoms with van der Waals surface area (Å²) in [4.78, 5) is 4.50. The third kappa shape index (κ3) is 3.03. The second kappa shape index (κ2) is 6.85. The first-order chi connectivity index (χ1) is 11.6. The second-order valence-corrected chi connectivity index (χ2v) is 5.95. The Balaban J connectivity index is 2.18.